The van der Waals surface area contributed by atoms with Gasteiger partial charge in [0.05, 0.1) is 6.33 Å². The molecule has 0 aliphatic rings. The number of aromatic nitrogens is 4. The monoisotopic (exact) mass is 435 g/mol. The number of imidazole rings is 1. The van der Waals surface area contributed by atoms with Gasteiger partial charge in [-0.25, -0.2) is 4.98 Å². The van der Waals surface area contributed by atoms with E-state index in [4.69, 9.17) is 4.52 Å². The summed E-state index contributed by atoms with van der Waals surface area (Å²) in [6.45, 7) is 2.64. The van der Waals surface area contributed by atoms with E-state index in [9.17, 15) is 4.79 Å². The third kappa shape index (κ3) is 4.57. The Labute approximate surface area is 190 Å². The first-order valence-electron chi connectivity index (χ1n) is 10.5. The summed E-state index contributed by atoms with van der Waals surface area (Å²) in [4.78, 5) is 21.2. The highest BCUT2D eigenvalue weighted by atomic mass is 16.5. The molecule has 162 valence electrons. The highest BCUT2D eigenvalue weighted by molar-refractivity contribution is 6.04. The van der Waals surface area contributed by atoms with Gasteiger partial charge in [0, 0.05) is 29.6 Å². The molecule has 0 aliphatic heterocycles. The van der Waals surface area contributed by atoms with Crippen LogP contribution in [-0.4, -0.2) is 25.6 Å². The van der Waals surface area contributed by atoms with Crippen molar-refractivity contribution in [2.75, 3.05) is 5.32 Å². The first-order chi connectivity index (χ1) is 16.2. The van der Waals surface area contributed by atoms with E-state index in [1.165, 1.54) is 0 Å². The molecule has 0 spiro atoms. The van der Waals surface area contributed by atoms with Crippen LogP contribution in [0.5, 0.6) is 0 Å². The first-order valence-corrected chi connectivity index (χ1v) is 10.5. The molecular weight excluding hydrogens is 414 g/mol. The van der Waals surface area contributed by atoms with Crippen molar-refractivity contribution in [1.29, 1.82) is 0 Å². The molecule has 0 atom stereocenters. The molecular formula is C26H21N5O2. The van der Waals surface area contributed by atoms with Gasteiger partial charge in [0.1, 0.15) is 5.69 Å². The fourth-order valence-corrected chi connectivity index (χ4v) is 3.51. The van der Waals surface area contributed by atoms with Crippen LogP contribution in [0.4, 0.5) is 5.69 Å². The summed E-state index contributed by atoms with van der Waals surface area (Å²) >= 11 is 0. The van der Waals surface area contributed by atoms with Crippen molar-refractivity contribution in [3.63, 3.8) is 0 Å². The molecule has 1 N–H and O–H groups in total. The second-order valence-electron chi connectivity index (χ2n) is 7.69. The number of amides is 1. The minimum Gasteiger partial charge on any atom is -0.332 e. The average Bonchev–Trinajstić information content (AvgIpc) is 3.51. The molecule has 7 heteroatoms. The highest BCUT2D eigenvalue weighted by Crippen LogP contribution is 2.23. The number of nitrogens with zero attached hydrogens (tertiary/aromatic N) is 4. The van der Waals surface area contributed by atoms with Gasteiger partial charge >= 0.3 is 0 Å². The van der Waals surface area contributed by atoms with E-state index < -0.39 is 0 Å². The van der Waals surface area contributed by atoms with Gasteiger partial charge in [-0.1, -0.05) is 59.8 Å². The smallest absolute Gasteiger partial charge is 0.278 e. The van der Waals surface area contributed by atoms with Gasteiger partial charge in [-0.05, 0) is 42.3 Å². The van der Waals surface area contributed by atoms with E-state index in [2.05, 4.69) is 20.4 Å². The van der Waals surface area contributed by atoms with Gasteiger partial charge in [-0.3, -0.25) is 4.79 Å². The number of hydrogen-bond donors (Lipinski definition) is 1. The van der Waals surface area contributed by atoms with Gasteiger partial charge in [-0.15, -0.1) is 0 Å². The number of rotatable bonds is 6. The zero-order valence-corrected chi connectivity index (χ0v) is 18.0. The average molecular weight is 435 g/mol. The van der Waals surface area contributed by atoms with Gasteiger partial charge in [-0.2, -0.15) is 4.98 Å². The molecule has 5 aromatic rings. The summed E-state index contributed by atoms with van der Waals surface area (Å²) in [6, 6.07) is 24.8. The SMILES string of the molecule is Cc1ccccc1-c1noc(-c2cn(Cc3ccc(NC(=O)c4ccccc4)cc3)cn2)n1. The van der Waals surface area contributed by atoms with E-state index in [1.54, 1.807) is 18.5 Å². The normalized spacial score (nSPS) is 10.8. The Morgan fingerprint density at radius 1 is 0.970 bits per heavy atom. The summed E-state index contributed by atoms with van der Waals surface area (Å²) < 4.78 is 7.38. The third-order valence-corrected chi connectivity index (χ3v) is 5.28. The van der Waals surface area contributed by atoms with E-state index in [0.29, 0.717) is 29.5 Å². The van der Waals surface area contributed by atoms with Gasteiger partial charge in [0.15, 0.2) is 0 Å². The van der Waals surface area contributed by atoms with Crippen molar-refractivity contribution in [3.8, 4) is 23.0 Å². The number of hydrogen-bond acceptors (Lipinski definition) is 5. The van der Waals surface area contributed by atoms with Gasteiger partial charge in [0.2, 0.25) is 5.82 Å². The number of anilines is 1. The summed E-state index contributed by atoms with van der Waals surface area (Å²) in [6.07, 6.45) is 3.61. The molecule has 0 saturated heterocycles. The summed E-state index contributed by atoms with van der Waals surface area (Å²) in [5.74, 6) is 0.795. The molecule has 0 saturated carbocycles. The maximum atomic E-state index is 12.3. The number of carbonyl (C=O) groups excluding carboxylic acids is 1. The van der Waals surface area contributed by atoms with Crippen molar-refractivity contribution < 1.29 is 9.32 Å². The number of carbonyl (C=O) groups is 1. The van der Waals surface area contributed by atoms with Crippen molar-refractivity contribution in [2.24, 2.45) is 0 Å². The van der Waals surface area contributed by atoms with E-state index in [1.807, 2.05) is 84.4 Å². The zero-order chi connectivity index (χ0) is 22.6. The lowest BCUT2D eigenvalue weighted by molar-refractivity contribution is 0.102. The second kappa shape index (κ2) is 8.92. The summed E-state index contributed by atoms with van der Waals surface area (Å²) in [5.41, 5.74) is 5.08. The van der Waals surface area contributed by atoms with Crippen LogP contribution in [-0.2, 0) is 6.54 Å². The Kier molecular flexibility index (Phi) is 5.51. The molecule has 2 heterocycles. The molecule has 2 aromatic heterocycles. The van der Waals surface area contributed by atoms with Crippen LogP contribution < -0.4 is 5.32 Å². The fourth-order valence-electron chi connectivity index (χ4n) is 3.51. The van der Waals surface area contributed by atoms with Crippen LogP contribution in [0.1, 0.15) is 21.5 Å². The predicted molar refractivity (Wildman–Crippen MR) is 126 cm³/mol. The molecule has 0 fully saturated rings. The molecule has 3 aromatic carbocycles. The molecule has 0 aliphatic carbocycles. The minimum atomic E-state index is -0.132. The predicted octanol–water partition coefficient (Wildman–Crippen LogP) is 5.21. The van der Waals surface area contributed by atoms with Crippen molar-refractivity contribution in [3.05, 3.63) is 108 Å². The Balaban J connectivity index is 1.25. The zero-order valence-electron chi connectivity index (χ0n) is 18.0. The third-order valence-electron chi connectivity index (χ3n) is 5.28. The molecule has 5 rings (SSSR count). The van der Waals surface area contributed by atoms with Crippen LogP contribution in [0.15, 0.2) is 95.9 Å². The van der Waals surface area contributed by atoms with Crippen molar-refractivity contribution in [2.45, 2.75) is 13.5 Å². The largest absolute Gasteiger partial charge is 0.332 e. The Hall–Kier alpha value is -4.52. The lowest BCUT2D eigenvalue weighted by Crippen LogP contribution is -2.11. The first kappa shape index (κ1) is 20.4. The Morgan fingerprint density at radius 2 is 1.73 bits per heavy atom. The topological polar surface area (TPSA) is 85.8 Å². The highest BCUT2D eigenvalue weighted by Gasteiger charge is 2.14. The van der Waals surface area contributed by atoms with E-state index in [0.717, 1.165) is 22.4 Å². The molecule has 33 heavy (non-hydrogen) atoms. The van der Waals surface area contributed by atoms with Gasteiger partial charge in [0.25, 0.3) is 11.8 Å². The van der Waals surface area contributed by atoms with Crippen LogP contribution in [0.3, 0.4) is 0 Å². The van der Waals surface area contributed by atoms with Crippen molar-refractivity contribution in [1.82, 2.24) is 19.7 Å². The molecule has 0 bridgehead atoms. The standard InChI is InChI=1S/C26H21N5O2/c1-18-7-5-6-10-22(18)24-29-26(33-30-24)23-16-31(17-27-23)15-19-11-13-21(14-12-19)28-25(32)20-8-3-2-4-9-20/h2-14,16-17H,15H2,1H3,(H,28,32). The molecule has 7 nitrogen and oxygen atoms in total. The van der Waals surface area contributed by atoms with Crippen LogP contribution in [0, 0.1) is 6.92 Å². The number of benzene rings is 3. The summed E-state index contributed by atoms with van der Waals surface area (Å²) in [7, 11) is 0. The maximum absolute atomic E-state index is 12.3. The van der Waals surface area contributed by atoms with E-state index >= 15 is 0 Å². The quantitative estimate of drug-likeness (QED) is 0.396. The molecule has 1 amide bonds. The summed E-state index contributed by atoms with van der Waals surface area (Å²) in [5, 5.41) is 7.01. The number of aryl methyl sites for hydroxylation is 1. The van der Waals surface area contributed by atoms with E-state index in [-0.39, 0.29) is 5.91 Å². The van der Waals surface area contributed by atoms with Crippen molar-refractivity contribution >= 4 is 11.6 Å². The lowest BCUT2D eigenvalue weighted by Gasteiger charge is -2.07. The number of nitrogens with one attached hydrogen (secondary N) is 1. The Bertz CT molecular complexity index is 1390. The van der Waals surface area contributed by atoms with Gasteiger partial charge < -0.3 is 14.4 Å². The fraction of sp³-hybridized carbons (Fsp3) is 0.0769. The second-order valence-corrected chi connectivity index (χ2v) is 7.69. The maximum Gasteiger partial charge on any atom is 0.278 e. The lowest BCUT2D eigenvalue weighted by atomic mass is 10.1. The molecule has 0 radical (unpaired) electrons. The minimum absolute atomic E-state index is 0.132. The molecule has 0 unspecified atom stereocenters. The Morgan fingerprint density at radius 3 is 2.52 bits per heavy atom. The van der Waals surface area contributed by atoms with Crippen LogP contribution in [0.2, 0.25) is 0 Å². The van der Waals surface area contributed by atoms with Crippen LogP contribution in [0.25, 0.3) is 23.0 Å². The van der Waals surface area contributed by atoms with Crippen LogP contribution >= 0.6 is 0 Å².